The van der Waals surface area contributed by atoms with Crippen molar-refractivity contribution in [3.63, 3.8) is 0 Å². The number of benzene rings is 1. The summed E-state index contributed by atoms with van der Waals surface area (Å²) in [4.78, 5) is 19.5. The SMILES string of the molecule is N#Cc1cccnc1OCC1CC2(CN1C(=O)CC(N)C1CCc3cc(F)c(F)cc31)SCCS2. The number of aryl methyl sites for hydroxylation is 1. The van der Waals surface area contributed by atoms with Crippen LogP contribution < -0.4 is 10.5 Å². The lowest BCUT2D eigenvalue weighted by Crippen LogP contribution is -2.43. The van der Waals surface area contributed by atoms with Gasteiger partial charge in [0.1, 0.15) is 18.2 Å². The Morgan fingerprint density at radius 1 is 1.34 bits per heavy atom. The molecule has 0 bridgehead atoms. The van der Waals surface area contributed by atoms with Gasteiger partial charge in [0, 0.05) is 42.6 Å². The highest BCUT2D eigenvalue weighted by Gasteiger charge is 2.49. The summed E-state index contributed by atoms with van der Waals surface area (Å²) in [6, 6.07) is 7.25. The maximum absolute atomic E-state index is 13.9. The van der Waals surface area contributed by atoms with E-state index in [0.29, 0.717) is 30.5 Å². The first-order valence-corrected chi connectivity index (χ1v) is 13.6. The third-order valence-corrected chi connectivity index (χ3v) is 10.5. The molecule has 1 amide bonds. The Labute approximate surface area is 211 Å². The van der Waals surface area contributed by atoms with Crippen LogP contribution in [0.25, 0.3) is 0 Å². The lowest BCUT2D eigenvalue weighted by atomic mass is 9.91. The monoisotopic (exact) mass is 516 g/mol. The highest BCUT2D eigenvalue weighted by atomic mass is 32.2. The van der Waals surface area contributed by atoms with Gasteiger partial charge in [-0.3, -0.25) is 4.79 Å². The molecule has 5 rings (SSSR count). The van der Waals surface area contributed by atoms with Crippen LogP contribution in [0.1, 0.15) is 41.9 Å². The Balaban J connectivity index is 1.30. The molecule has 2 N–H and O–H groups in total. The van der Waals surface area contributed by atoms with Gasteiger partial charge in [-0.15, -0.1) is 23.5 Å². The molecule has 2 saturated heterocycles. The summed E-state index contributed by atoms with van der Waals surface area (Å²) >= 11 is 3.76. The van der Waals surface area contributed by atoms with Gasteiger partial charge in [-0.1, -0.05) is 0 Å². The first kappa shape index (κ1) is 24.3. The third kappa shape index (κ3) is 4.86. The molecule has 0 saturated carbocycles. The molecule has 35 heavy (non-hydrogen) atoms. The van der Waals surface area contributed by atoms with Crippen molar-refractivity contribution < 1.29 is 18.3 Å². The van der Waals surface area contributed by atoms with Crippen LogP contribution in [-0.4, -0.2) is 56.6 Å². The van der Waals surface area contributed by atoms with Gasteiger partial charge in [-0.2, -0.15) is 5.26 Å². The third-order valence-electron chi connectivity index (χ3n) is 7.07. The molecule has 10 heteroatoms. The van der Waals surface area contributed by atoms with Crippen molar-refractivity contribution in [1.82, 2.24) is 9.88 Å². The number of pyridine rings is 1. The Morgan fingerprint density at radius 3 is 2.89 bits per heavy atom. The second-order valence-electron chi connectivity index (χ2n) is 9.24. The molecule has 3 heterocycles. The molecule has 2 aromatic rings. The first-order chi connectivity index (χ1) is 16.9. The predicted molar refractivity (Wildman–Crippen MR) is 132 cm³/mol. The molecule has 0 radical (unpaired) electrons. The van der Waals surface area contributed by atoms with E-state index in [1.165, 1.54) is 12.1 Å². The largest absolute Gasteiger partial charge is 0.475 e. The number of hydrogen-bond acceptors (Lipinski definition) is 7. The summed E-state index contributed by atoms with van der Waals surface area (Å²) < 4.78 is 33.4. The fourth-order valence-corrected chi connectivity index (χ4v) is 8.70. The number of nitrogens with two attached hydrogens (primary N) is 1. The number of nitriles is 1. The summed E-state index contributed by atoms with van der Waals surface area (Å²) in [5.41, 5.74) is 8.33. The fourth-order valence-electron chi connectivity index (χ4n) is 5.37. The second-order valence-corrected chi connectivity index (χ2v) is 12.5. The second kappa shape index (κ2) is 9.96. The maximum atomic E-state index is 13.9. The van der Waals surface area contributed by atoms with Crippen LogP contribution in [0.5, 0.6) is 5.88 Å². The highest BCUT2D eigenvalue weighted by molar-refractivity contribution is 8.21. The molecule has 3 atom stereocenters. The number of nitrogens with zero attached hydrogens (tertiary/aromatic N) is 3. The number of likely N-dealkylation sites (tertiary alicyclic amines) is 1. The molecule has 184 valence electrons. The lowest BCUT2D eigenvalue weighted by molar-refractivity contribution is -0.133. The van der Waals surface area contributed by atoms with Crippen LogP contribution in [0.4, 0.5) is 8.78 Å². The van der Waals surface area contributed by atoms with Crippen LogP contribution in [0, 0.1) is 23.0 Å². The fraction of sp³-hybridized carbons (Fsp3) is 0.480. The van der Waals surface area contributed by atoms with Crippen LogP contribution in [-0.2, 0) is 11.2 Å². The Bertz CT molecular complexity index is 1170. The quantitative estimate of drug-likeness (QED) is 0.624. The minimum absolute atomic E-state index is 0.0590. The minimum Gasteiger partial charge on any atom is -0.475 e. The van der Waals surface area contributed by atoms with E-state index < -0.39 is 17.7 Å². The standard InChI is InChI=1S/C25H26F2N4O2S2/c26-20-8-15-3-4-18(19(15)9-21(20)27)22(29)10-23(32)31-14-25(34-6-7-35-25)11-17(31)13-33-24-16(12-28)2-1-5-30-24/h1-2,5,8-9,17-18,22H,3-4,6-7,10-11,13-14,29H2. The van der Waals surface area contributed by atoms with Crippen LogP contribution in [0.15, 0.2) is 30.5 Å². The zero-order valence-corrected chi connectivity index (χ0v) is 20.7. The molecule has 1 aromatic heterocycles. The molecule has 2 fully saturated rings. The number of aromatic nitrogens is 1. The normalized spacial score (nSPS) is 23.3. The summed E-state index contributed by atoms with van der Waals surface area (Å²) in [5, 5.41) is 9.32. The highest BCUT2D eigenvalue weighted by Crippen LogP contribution is 2.52. The number of rotatable bonds is 6. The van der Waals surface area contributed by atoms with Crippen LogP contribution >= 0.6 is 23.5 Å². The predicted octanol–water partition coefficient (Wildman–Crippen LogP) is 3.83. The van der Waals surface area contributed by atoms with Gasteiger partial charge in [-0.05, 0) is 54.7 Å². The molecule has 1 aliphatic carbocycles. The molecule has 6 nitrogen and oxygen atoms in total. The van der Waals surface area contributed by atoms with Crippen molar-refractivity contribution >= 4 is 29.4 Å². The van der Waals surface area contributed by atoms with Crippen molar-refractivity contribution in [3.05, 3.63) is 58.8 Å². The van der Waals surface area contributed by atoms with Crippen molar-refractivity contribution in [3.8, 4) is 11.9 Å². The smallest absolute Gasteiger partial charge is 0.231 e. The summed E-state index contributed by atoms with van der Waals surface area (Å²) in [7, 11) is 0. The van der Waals surface area contributed by atoms with E-state index in [-0.39, 0.29) is 40.9 Å². The number of fused-ring (bicyclic) bond motifs is 1. The molecule has 1 spiro atoms. The minimum atomic E-state index is -0.880. The number of halogens is 2. The molecule has 2 aliphatic heterocycles. The van der Waals surface area contributed by atoms with Crippen molar-refractivity contribution in [2.75, 3.05) is 24.7 Å². The molecule has 3 aliphatic rings. The summed E-state index contributed by atoms with van der Waals surface area (Å²) in [6.07, 6.45) is 3.78. The van der Waals surface area contributed by atoms with E-state index >= 15 is 0 Å². The molecular formula is C25H26F2N4O2S2. The van der Waals surface area contributed by atoms with Crippen molar-refractivity contribution in [2.45, 2.75) is 47.8 Å². The van der Waals surface area contributed by atoms with Gasteiger partial charge in [-0.25, -0.2) is 13.8 Å². The van der Waals surface area contributed by atoms with Gasteiger partial charge in [0.25, 0.3) is 0 Å². The van der Waals surface area contributed by atoms with E-state index in [0.717, 1.165) is 23.5 Å². The topological polar surface area (TPSA) is 92.2 Å². The molecule has 3 unspecified atom stereocenters. The summed E-state index contributed by atoms with van der Waals surface area (Å²) in [5.74, 6) is 0.376. The van der Waals surface area contributed by atoms with Gasteiger partial charge in [0.2, 0.25) is 11.8 Å². The molecule has 1 aromatic carbocycles. The van der Waals surface area contributed by atoms with Crippen molar-refractivity contribution in [2.24, 2.45) is 5.73 Å². The maximum Gasteiger partial charge on any atom is 0.231 e. The zero-order valence-electron chi connectivity index (χ0n) is 19.1. The van der Waals surface area contributed by atoms with Gasteiger partial charge >= 0.3 is 0 Å². The van der Waals surface area contributed by atoms with E-state index in [4.69, 9.17) is 10.5 Å². The molecular weight excluding hydrogens is 490 g/mol. The number of ether oxygens (including phenoxy) is 1. The van der Waals surface area contributed by atoms with Crippen LogP contribution in [0.3, 0.4) is 0 Å². The number of hydrogen-bond donors (Lipinski definition) is 1. The van der Waals surface area contributed by atoms with Gasteiger partial charge < -0.3 is 15.4 Å². The van der Waals surface area contributed by atoms with Gasteiger partial charge in [0.15, 0.2) is 11.6 Å². The van der Waals surface area contributed by atoms with Crippen LogP contribution in [0.2, 0.25) is 0 Å². The average molecular weight is 517 g/mol. The average Bonchev–Trinajstić information content (AvgIpc) is 3.57. The Hall–Kier alpha value is -2.35. The first-order valence-electron chi connectivity index (χ1n) is 11.7. The van der Waals surface area contributed by atoms with E-state index in [2.05, 4.69) is 11.1 Å². The van der Waals surface area contributed by atoms with E-state index in [1.54, 1.807) is 18.3 Å². The van der Waals surface area contributed by atoms with Crippen molar-refractivity contribution in [1.29, 1.82) is 5.26 Å². The van der Waals surface area contributed by atoms with E-state index in [1.807, 2.05) is 28.4 Å². The number of amides is 1. The number of carbonyl (C=O) groups excluding carboxylic acids is 1. The Kier molecular flexibility index (Phi) is 6.93. The number of carbonyl (C=O) groups is 1. The number of thioether (sulfide) groups is 2. The summed E-state index contributed by atoms with van der Waals surface area (Å²) in [6.45, 7) is 0.850. The lowest BCUT2D eigenvalue weighted by Gasteiger charge is -2.28. The van der Waals surface area contributed by atoms with Gasteiger partial charge in [0.05, 0.1) is 10.1 Å². The Morgan fingerprint density at radius 2 is 2.11 bits per heavy atom. The zero-order chi connectivity index (χ0) is 24.6. The van der Waals surface area contributed by atoms with E-state index in [9.17, 15) is 18.8 Å².